The van der Waals surface area contributed by atoms with Crippen LogP contribution in [0.4, 0.5) is 0 Å². The average Bonchev–Trinajstić information content (AvgIpc) is 2.04. The normalized spacial score (nSPS) is 9.77. The highest BCUT2D eigenvalue weighted by Crippen LogP contribution is 2.20. The van der Waals surface area contributed by atoms with Crippen molar-refractivity contribution < 1.29 is 9.63 Å². The van der Waals surface area contributed by atoms with Gasteiger partial charge in [-0.2, -0.15) is 0 Å². The second kappa shape index (κ2) is 4.46. The summed E-state index contributed by atoms with van der Waals surface area (Å²) in [7, 11) is 1.35. The number of amides is 1. The minimum Gasteiger partial charge on any atom is -0.277 e. The van der Waals surface area contributed by atoms with Crippen LogP contribution in [-0.2, 0) is 4.84 Å². The molecule has 1 amide bonds. The van der Waals surface area contributed by atoms with E-state index in [2.05, 4.69) is 10.3 Å². The van der Waals surface area contributed by atoms with E-state index >= 15 is 0 Å². The maximum Gasteiger partial charge on any atom is 0.276 e. The Labute approximate surface area is 85.5 Å². The third-order valence-corrected chi connectivity index (χ3v) is 1.92. The molecule has 0 fully saturated rings. The Kier molecular flexibility index (Phi) is 3.54. The van der Waals surface area contributed by atoms with Crippen LogP contribution in [0, 0.1) is 0 Å². The molecule has 0 bridgehead atoms. The fourth-order valence-corrected chi connectivity index (χ4v) is 1.32. The number of hydrogen-bond donors (Lipinski definition) is 1. The Morgan fingerprint density at radius 1 is 1.46 bits per heavy atom. The highest BCUT2D eigenvalue weighted by Gasteiger charge is 2.09. The highest BCUT2D eigenvalue weighted by molar-refractivity contribution is 6.36. The predicted molar refractivity (Wildman–Crippen MR) is 50.9 cm³/mol. The molecular formula is C8H7Cl2NO2. The molecule has 0 aromatic heterocycles. The van der Waals surface area contributed by atoms with E-state index in [1.54, 1.807) is 6.07 Å². The molecule has 0 aliphatic heterocycles. The molecule has 0 aliphatic rings. The Morgan fingerprint density at radius 2 is 2.15 bits per heavy atom. The van der Waals surface area contributed by atoms with E-state index in [0.29, 0.717) is 15.6 Å². The number of rotatable bonds is 2. The molecule has 1 N–H and O–H groups in total. The number of nitrogens with one attached hydrogen (secondary N) is 1. The first kappa shape index (κ1) is 10.3. The van der Waals surface area contributed by atoms with E-state index in [1.807, 2.05) is 0 Å². The molecule has 0 saturated heterocycles. The van der Waals surface area contributed by atoms with Crippen LogP contribution in [0.1, 0.15) is 10.4 Å². The lowest BCUT2D eigenvalue weighted by Gasteiger charge is -2.03. The van der Waals surface area contributed by atoms with Crippen LogP contribution in [0.3, 0.4) is 0 Å². The summed E-state index contributed by atoms with van der Waals surface area (Å²) < 4.78 is 0. The van der Waals surface area contributed by atoms with Crippen molar-refractivity contribution in [1.29, 1.82) is 0 Å². The van der Waals surface area contributed by atoms with E-state index in [1.165, 1.54) is 19.2 Å². The fraction of sp³-hybridized carbons (Fsp3) is 0.125. The average molecular weight is 220 g/mol. The van der Waals surface area contributed by atoms with Crippen LogP contribution < -0.4 is 5.48 Å². The SMILES string of the molecule is CONC(=O)c1ccc(Cl)cc1Cl. The second-order valence-corrected chi connectivity index (χ2v) is 3.10. The zero-order valence-electron chi connectivity index (χ0n) is 6.80. The summed E-state index contributed by atoms with van der Waals surface area (Å²) in [5.74, 6) is -0.399. The maximum absolute atomic E-state index is 11.2. The second-order valence-electron chi connectivity index (χ2n) is 2.26. The van der Waals surface area contributed by atoms with Gasteiger partial charge in [-0.3, -0.25) is 9.63 Å². The number of benzene rings is 1. The van der Waals surface area contributed by atoms with Crippen molar-refractivity contribution >= 4 is 29.1 Å². The predicted octanol–water partition coefficient (Wildman–Crippen LogP) is 2.28. The van der Waals surface area contributed by atoms with Gasteiger partial charge in [0, 0.05) is 5.02 Å². The van der Waals surface area contributed by atoms with Gasteiger partial charge >= 0.3 is 0 Å². The number of halogens is 2. The zero-order chi connectivity index (χ0) is 9.84. The summed E-state index contributed by atoms with van der Waals surface area (Å²) in [6, 6.07) is 4.60. The molecule has 0 radical (unpaired) electrons. The largest absolute Gasteiger partial charge is 0.277 e. The van der Waals surface area contributed by atoms with E-state index in [4.69, 9.17) is 23.2 Å². The Bertz CT molecular complexity index is 328. The van der Waals surface area contributed by atoms with Crippen LogP contribution >= 0.6 is 23.2 Å². The molecule has 1 aromatic carbocycles. The fourth-order valence-electron chi connectivity index (χ4n) is 0.821. The van der Waals surface area contributed by atoms with Gasteiger partial charge in [0.15, 0.2) is 0 Å². The molecule has 0 unspecified atom stereocenters. The summed E-state index contributed by atoms with van der Waals surface area (Å²) in [5, 5.41) is 0.779. The third-order valence-electron chi connectivity index (χ3n) is 1.37. The number of carbonyl (C=O) groups is 1. The van der Waals surface area contributed by atoms with E-state index in [-0.39, 0.29) is 0 Å². The van der Waals surface area contributed by atoms with Crippen LogP contribution in [0.15, 0.2) is 18.2 Å². The zero-order valence-corrected chi connectivity index (χ0v) is 8.32. The van der Waals surface area contributed by atoms with Crippen LogP contribution in [0.2, 0.25) is 10.0 Å². The summed E-state index contributed by atoms with van der Waals surface area (Å²) in [5.41, 5.74) is 2.48. The van der Waals surface area contributed by atoms with Gasteiger partial charge < -0.3 is 0 Å². The Balaban J connectivity index is 2.95. The van der Waals surface area contributed by atoms with Gasteiger partial charge in [0.25, 0.3) is 5.91 Å². The number of hydrogen-bond acceptors (Lipinski definition) is 2. The Morgan fingerprint density at radius 3 is 2.69 bits per heavy atom. The minimum absolute atomic E-state index is 0.294. The minimum atomic E-state index is -0.399. The van der Waals surface area contributed by atoms with Gasteiger partial charge in [-0.05, 0) is 18.2 Å². The standard InChI is InChI=1S/C8H7Cl2NO2/c1-13-11-8(12)6-3-2-5(9)4-7(6)10/h2-4H,1H3,(H,11,12). The van der Waals surface area contributed by atoms with Crippen molar-refractivity contribution in [2.75, 3.05) is 7.11 Å². The summed E-state index contributed by atoms with van der Waals surface area (Å²) in [4.78, 5) is 15.7. The summed E-state index contributed by atoms with van der Waals surface area (Å²) in [6.07, 6.45) is 0. The molecule has 0 heterocycles. The van der Waals surface area contributed by atoms with Gasteiger partial charge in [0.05, 0.1) is 17.7 Å². The van der Waals surface area contributed by atoms with Crippen molar-refractivity contribution in [3.8, 4) is 0 Å². The lowest BCUT2D eigenvalue weighted by molar-refractivity contribution is 0.0538. The molecule has 5 heteroatoms. The van der Waals surface area contributed by atoms with Crippen LogP contribution in [-0.4, -0.2) is 13.0 Å². The number of carbonyl (C=O) groups excluding carboxylic acids is 1. The van der Waals surface area contributed by atoms with Crippen molar-refractivity contribution in [2.24, 2.45) is 0 Å². The van der Waals surface area contributed by atoms with Gasteiger partial charge in [-0.15, -0.1) is 0 Å². The molecule has 3 nitrogen and oxygen atoms in total. The smallest absolute Gasteiger partial charge is 0.276 e. The molecule has 0 saturated carbocycles. The molecule has 1 aromatic rings. The lowest BCUT2D eigenvalue weighted by atomic mass is 10.2. The number of hydroxylamine groups is 1. The van der Waals surface area contributed by atoms with Crippen molar-refractivity contribution in [3.05, 3.63) is 33.8 Å². The van der Waals surface area contributed by atoms with Crippen LogP contribution in [0.5, 0.6) is 0 Å². The van der Waals surface area contributed by atoms with Gasteiger partial charge in [0.1, 0.15) is 0 Å². The molecule has 0 atom stereocenters. The molecule has 0 spiro atoms. The van der Waals surface area contributed by atoms with Crippen molar-refractivity contribution in [3.63, 3.8) is 0 Å². The van der Waals surface area contributed by atoms with Gasteiger partial charge in [0.2, 0.25) is 0 Å². The summed E-state index contributed by atoms with van der Waals surface area (Å²) in [6.45, 7) is 0. The maximum atomic E-state index is 11.2. The lowest BCUT2D eigenvalue weighted by Crippen LogP contribution is -2.21. The van der Waals surface area contributed by atoms with E-state index in [0.717, 1.165) is 0 Å². The first-order valence-electron chi connectivity index (χ1n) is 3.43. The molecule has 1 rings (SSSR count). The third kappa shape index (κ3) is 2.59. The van der Waals surface area contributed by atoms with Gasteiger partial charge in [-0.25, -0.2) is 5.48 Å². The molecule has 13 heavy (non-hydrogen) atoms. The topological polar surface area (TPSA) is 38.3 Å². The van der Waals surface area contributed by atoms with Crippen LogP contribution in [0.25, 0.3) is 0 Å². The van der Waals surface area contributed by atoms with E-state index < -0.39 is 5.91 Å². The monoisotopic (exact) mass is 219 g/mol. The van der Waals surface area contributed by atoms with Crippen molar-refractivity contribution in [2.45, 2.75) is 0 Å². The first-order chi connectivity index (χ1) is 6.15. The molecule has 0 aliphatic carbocycles. The molecular weight excluding hydrogens is 213 g/mol. The first-order valence-corrected chi connectivity index (χ1v) is 4.19. The van der Waals surface area contributed by atoms with E-state index in [9.17, 15) is 4.79 Å². The quantitative estimate of drug-likeness (QED) is 0.776. The van der Waals surface area contributed by atoms with Crippen molar-refractivity contribution in [1.82, 2.24) is 5.48 Å². The summed E-state index contributed by atoms with van der Waals surface area (Å²) >= 11 is 11.4. The van der Waals surface area contributed by atoms with Gasteiger partial charge in [-0.1, -0.05) is 23.2 Å². The molecule has 70 valence electrons. The highest BCUT2D eigenvalue weighted by atomic mass is 35.5. The Hall–Kier alpha value is -0.770.